The molecule has 7 nitrogen and oxygen atoms in total. The lowest BCUT2D eigenvalue weighted by atomic mass is 10.1. The lowest BCUT2D eigenvalue weighted by Gasteiger charge is -2.06. The van der Waals surface area contributed by atoms with Crippen LogP contribution in [-0.4, -0.2) is 28.7 Å². The van der Waals surface area contributed by atoms with Crippen LogP contribution < -0.4 is 5.32 Å². The average Bonchev–Trinajstić information content (AvgIpc) is 3.04. The third-order valence-corrected chi connectivity index (χ3v) is 4.36. The second-order valence-corrected chi connectivity index (χ2v) is 6.10. The molecule has 124 valence electrons. The maximum absolute atomic E-state index is 12.1. The molecule has 0 saturated carbocycles. The molecular formula is C15H19N3O4S. The molecule has 2 rings (SSSR count). The van der Waals surface area contributed by atoms with Gasteiger partial charge < -0.3 is 14.5 Å². The molecule has 2 aromatic rings. The Morgan fingerprint density at radius 3 is 2.52 bits per heavy atom. The van der Waals surface area contributed by atoms with E-state index in [2.05, 4.69) is 15.5 Å². The monoisotopic (exact) mass is 337 g/mol. The Morgan fingerprint density at radius 1 is 1.22 bits per heavy atom. The second-order valence-electron chi connectivity index (χ2n) is 4.88. The molecule has 0 aromatic carbocycles. The van der Waals surface area contributed by atoms with Gasteiger partial charge in [0.15, 0.2) is 0 Å². The predicted octanol–water partition coefficient (Wildman–Crippen LogP) is 2.67. The van der Waals surface area contributed by atoms with Crippen LogP contribution in [0.3, 0.4) is 0 Å². The minimum atomic E-state index is -0.435. The number of rotatable bonds is 6. The molecule has 23 heavy (non-hydrogen) atoms. The van der Waals surface area contributed by atoms with Crippen molar-refractivity contribution in [2.75, 3.05) is 11.9 Å². The molecule has 0 aliphatic heterocycles. The van der Waals surface area contributed by atoms with Gasteiger partial charge in [0.25, 0.3) is 0 Å². The van der Waals surface area contributed by atoms with Crippen molar-refractivity contribution >= 4 is 28.2 Å². The zero-order chi connectivity index (χ0) is 17.0. The van der Waals surface area contributed by atoms with Gasteiger partial charge in [0.1, 0.15) is 11.4 Å². The Labute approximate surface area is 138 Å². The second kappa shape index (κ2) is 7.36. The molecule has 0 aliphatic rings. The van der Waals surface area contributed by atoms with Gasteiger partial charge in [-0.25, -0.2) is 4.79 Å². The topological polar surface area (TPSA) is 94.3 Å². The number of hydrogen-bond donors (Lipinski definition) is 1. The van der Waals surface area contributed by atoms with E-state index >= 15 is 0 Å². The fourth-order valence-corrected chi connectivity index (χ4v) is 3.04. The van der Waals surface area contributed by atoms with E-state index in [-0.39, 0.29) is 24.8 Å². The van der Waals surface area contributed by atoms with Gasteiger partial charge in [-0.2, -0.15) is 0 Å². The first kappa shape index (κ1) is 17.1. The molecule has 0 aliphatic carbocycles. The molecule has 1 N–H and O–H groups in total. The van der Waals surface area contributed by atoms with Crippen LogP contribution in [0.25, 0.3) is 0 Å². The van der Waals surface area contributed by atoms with Crippen molar-refractivity contribution in [3.63, 3.8) is 0 Å². The van der Waals surface area contributed by atoms with E-state index in [0.717, 1.165) is 10.4 Å². The van der Waals surface area contributed by atoms with Gasteiger partial charge in [0, 0.05) is 11.3 Å². The summed E-state index contributed by atoms with van der Waals surface area (Å²) in [5.41, 5.74) is 1.22. The summed E-state index contributed by atoms with van der Waals surface area (Å²) in [6, 6.07) is 0. The van der Waals surface area contributed by atoms with Crippen molar-refractivity contribution in [1.29, 1.82) is 0 Å². The van der Waals surface area contributed by atoms with Crippen molar-refractivity contribution in [1.82, 2.24) is 10.2 Å². The number of anilines is 1. The molecule has 2 aromatic heterocycles. The third-order valence-electron chi connectivity index (χ3n) is 3.24. The molecule has 0 bridgehead atoms. The van der Waals surface area contributed by atoms with Crippen molar-refractivity contribution in [3.05, 3.63) is 27.8 Å². The minimum Gasteiger partial charge on any atom is -0.462 e. The van der Waals surface area contributed by atoms with Crippen LogP contribution in [0.15, 0.2) is 4.42 Å². The predicted molar refractivity (Wildman–Crippen MR) is 85.8 cm³/mol. The molecule has 0 unspecified atom stereocenters. The lowest BCUT2D eigenvalue weighted by Crippen LogP contribution is -2.16. The highest BCUT2D eigenvalue weighted by atomic mass is 32.1. The Kier molecular flexibility index (Phi) is 5.49. The van der Waals surface area contributed by atoms with E-state index in [1.54, 1.807) is 6.92 Å². The number of aromatic nitrogens is 2. The summed E-state index contributed by atoms with van der Waals surface area (Å²) < 4.78 is 10.4. The molecular weight excluding hydrogens is 318 g/mol. The van der Waals surface area contributed by atoms with Crippen LogP contribution in [0.5, 0.6) is 0 Å². The number of carbonyl (C=O) groups is 2. The summed E-state index contributed by atoms with van der Waals surface area (Å²) >= 11 is 1.34. The zero-order valence-corrected chi connectivity index (χ0v) is 14.4. The Hall–Kier alpha value is -2.22. The SMILES string of the molecule is CCOC(=O)c1c(NC(=O)Cc2nnc(CC)o2)sc(C)c1C. The molecule has 0 saturated heterocycles. The number of esters is 1. The first-order chi connectivity index (χ1) is 11.0. The first-order valence-corrected chi connectivity index (χ1v) is 8.16. The number of aryl methyl sites for hydroxylation is 2. The van der Waals surface area contributed by atoms with Gasteiger partial charge in [0.05, 0.1) is 12.2 Å². The average molecular weight is 337 g/mol. The number of nitrogens with zero attached hydrogens (tertiary/aromatic N) is 2. The van der Waals surface area contributed by atoms with E-state index in [0.29, 0.717) is 22.9 Å². The highest BCUT2D eigenvalue weighted by Crippen LogP contribution is 2.33. The van der Waals surface area contributed by atoms with Crippen molar-refractivity contribution in [2.45, 2.75) is 40.5 Å². The van der Waals surface area contributed by atoms with Gasteiger partial charge in [0.2, 0.25) is 17.7 Å². The van der Waals surface area contributed by atoms with Gasteiger partial charge >= 0.3 is 5.97 Å². The fourth-order valence-electron chi connectivity index (χ4n) is 1.97. The van der Waals surface area contributed by atoms with Crippen molar-refractivity contribution in [2.24, 2.45) is 0 Å². The molecule has 0 atom stereocenters. The zero-order valence-electron chi connectivity index (χ0n) is 13.6. The van der Waals surface area contributed by atoms with Crippen LogP contribution in [0, 0.1) is 13.8 Å². The van der Waals surface area contributed by atoms with Gasteiger partial charge in [-0.1, -0.05) is 6.92 Å². The summed E-state index contributed by atoms with van der Waals surface area (Å²) in [5.74, 6) is -0.0105. The van der Waals surface area contributed by atoms with E-state index in [1.165, 1.54) is 11.3 Å². The number of ether oxygens (including phenoxy) is 1. The van der Waals surface area contributed by atoms with Crippen LogP contribution >= 0.6 is 11.3 Å². The van der Waals surface area contributed by atoms with Crippen LogP contribution in [-0.2, 0) is 22.4 Å². The van der Waals surface area contributed by atoms with E-state index in [4.69, 9.17) is 9.15 Å². The number of thiophene rings is 1. The molecule has 0 spiro atoms. The van der Waals surface area contributed by atoms with Gasteiger partial charge in [-0.3, -0.25) is 4.79 Å². The Balaban J connectivity index is 2.14. The van der Waals surface area contributed by atoms with Gasteiger partial charge in [-0.15, -0.1) is 21.5 Å². The third kappa shape index (κ3) is 3.95. The highest BCUT2D eigenvalue weighted by Gasteiger charge is 2.22. The molecule has 2 heterocycles. The molecule has 1 amide bonds. The standard InChI is InChI=1S/C15H19N3O4S/c1-5-11-17-18-12(22-11)7-10(19)16-14-13(15(20)21-6-2)8(3)9(4)23-14/h5-7H2,1-4H3,(H,16,19). The summed E-state index contributed by atoms with van der Waals surface area (Å²) in [4.78, 5) is 25.2. The quantitative estimate of drug-likeness (QED) is 0.814. The lowest BCUT2D eigenvalue weighted by molar-refractivity contribution is -0.115. The number of carbonyl (C=O) groups excluding carboxylic acids is 2. The smallest absolute Gasteiger partial charge is 0.341 e. The minimum absolute atomic E-state index is 0.0364. The number of hydrogen-bond acceptors (Lipinski definition) is 7. The summed E-state index contributed by atoms with van der Waals surface area (Å²) in [6.45, 7) is 7.64. The summed E-state index contributed by atoms with van der Waals surface area (Å²) in [5, 5.41) is 10.9. The normalized spacial score (nSPS) is 10.6. The number of amides is 1. The Bertz CT molecular complexity index is 720. The van der Waals surface area contributed by atoms with E-state index in [9.17, 15) is 9.59 Å². The van der Waals surface area contributed by atoms with E-state index < -0.39 is 5.97 Å². The summed E-state index contributed by atoms with van der Waals surface area (Å²) in [7, 11) is 0. The van der Waals surface area contributed by atoms with E-state index in [1.807, 2.05) is 20.8 Å². The Morgan fingerprint density at radius 2 is 1.91 bits per heavy atom. The van der Waals surface area contributed by atoms with Crippen LogP contribution in [0.4, 0.5) is 5.00 Å². The summed E-state index contributed by atoms with van der Waals surface area (Å²) in [6.07, 6.45) is 0.580. The highest BCUT2D eigenvalue weighted by molar-refractivity contribution is 7.16. The molecule has 0 fully saturated rings. The van der Waals surface area contributed by atoms with Crippen molar-refractivity contribution in [3.8, 4) is 0 Å². The fraction of sp³-hybridized carbons (Fsp3) is 0.467. The largest absolute Gasteiger partial charge is 0.462 e. The first-order valence-electron chi connectivity index (χ1n) is 7.34. The molecule has 8 heteroatoms. The molecule has 0 radical (unpaired) electrons. The van der Waals surface area contributed by atoms with Crippen LogP contribution in [0.1, 0.15) is 46.4 Å². The number of nitrogens with one attached hydrogen (secondary N) is 1. The van der Waals surface area contributed by atoms with Crippen LogP contribution in [0.2, 0.25) is 0 Å². The van der Waals surface area contributed by atoms with Gasteiger partial charge in [-0.05, 0) is 26.3 Å². The maximum atomic E-state index is 12.1. The maximum Gasteiger partial charge on any atom is 0.341 e. The van der Waals surface area contributed by atoms with Crippen molar-refractivity contribution < 1.29 is 18.7 Å².